The molecule has 0 aliphatic carbocycles. The van der Waals surface area contributed by atoms with Gasteiger partial charge in [0.2, 0.25) is 5.91 Å². The summed E-state index contributed by atoms with van der Waals surface area (Å²) in [7, 11) is 0. The zero-order chi connectivity index (χ0) is 22.5. The fraction of sp³-hybridized carbons (Fsp3) is 0.391. The zero-order valence-electron chi connectivity index (χ0n) is 17.7. The fourth-order valence-corrected chi connectivity index (χ4v) is 4.03. The molecule has 8 nitrogen and oxygen atoms in total. The van der Waals surface area contributed by atoms with Crippen LogP contribution in [0.5, 0.6) is 0 Å². The largest absolute Gasteiger partial charge is 0.340 e. The lowest BCUT2D eigenvalue weighted by molar-refractivity contribution is -0.137. The molecule has 1 aromatic carbocycles. The Morgan fingerprint density at radius 1 is 1.09 bits per heavy atom. The van der Waals surface area contributed by atoms with Crippen LogP contribution in [0.1, 0.15) is 17.7 Å². The Labute approximate surface area is 186 Å². The molecule has 2 aliphatic heterocycles. The Bertz CT molecular complexity index is 979. The first-order valence-corrected chi connectivity index (χ1v) is 10.8. The number of benzene rings is 1. The highest BCUT2D eigenvalue weighted by molar-refractivity contribution is 6.05. The normalized spacial score (nSPS) is 19.3. The molecule has 32 heavy (non-hydrogen) atoms. The number of imide groups is 1. The van der Waals surface area contributed by atoms with Crippen molar-refractivity contribution in [3.63, 3.8) is 0 Å². The molecule has 4 rings (SSSR count). The summed E-state index contributed by atoms with van der Waals surface area (Å²) in [4.78, 5) is 47.0. The number of carbonyl (C=O) groups is 3. The Balaban J connectivity index is 1.24. The second kappa shape index (κ2) is 9.86. The Kier molecular flexibility index (Phi) is 6.75. The molecule has 0 saturated carbocycles. The molecule has 4 amide bonds. The van der Waals surface area contributed by atoms with Gasteiger partial charge in [0, 0.05) is 51.0 Å². The lowest BCUT2D eigenvalue weighted by atomic mass is 10.1. The summed E-state index contributed by atoms with van der Waals surface area (Å²) in [6.45, 7) is 3.55. The molecular weight excluding hydrogens is 413 g/mol. The van der Waals surface area contributed by atoms with Gasteiger partial charge in [0.05, 0.1) is 13.0 Å². The average Bonchev–Trinajstić information content (AvgIpc) is 3.06. The predicted octanol–water partition coefficient (Wildman–Crippen LogP) is 1.42. The zero-order valence-corrected chi connectivity index (χ0v) is 17.7. The van der Waals surface area contributed by atoms with Gasteiger partial charge in [-0.1, -0.05) is 18.2 Å². The van der Waals surface area contributed by atoms with Gasteiger partial charge in [-0.3, -0.25) is 24.4 Å². The van der Waals surface area contributed by atoms with E-state index in [4.69, 9.17) is 0 Å². The quantitative estimate of drug-likeness (QED) is 0.660. The molecule has 1 atom stereocenters. The summed E-state index contributed by atoms with van der Waals surface area (Å²) >= 11 is 0. The lowest BCUT2D eigenvalue weighted by Crippen LogP contribution is -2.50. The third kappa shape index (κ3) is 5.28. The second-order valence-corrected chi connectivity index (χ2v) is 8.05. The summed E-state index contributed by atoms with van der Waals surface area (Å²) in [5, 5.41) is 2.58. The van der Waals surface area contributed by atoms with E-state index in [1.165, 1.54) is 18.2 Å². The van der Waals surface area contributed by atoms with Crippen molar-refractivity contribution >= 4 is 17.8 Å². The summed E-state index contributed by atoms with van der Waals surface area (Å²) in [6.07, 6.45) is 2.57. The van der Waals surface area contributed by atoms with E-state index in [2.05, 4.69) is 15.2 Å². The number of urea groups is 1. The molecular formula is C23H26FN5O3. The molecule has 1 aromatic heterocycles. The second-order valence-electron chi connectivity index (χ2n) is 8.05. The summed E-state index contributed by atoms with van der Waals surface area (Å²) in [5.74, 6) is -1.04. The molecule has 3 heterocycles. The Morgan fingerprint density at radius 3 is 2.62 bits per heavy atom. The molecule has 168 valence electrons. The van der Waals surface area contributed by atoms with Crippen molar-refractivity contribution in [2.75, 3.05) is 32.7 Å². The predicted molar refractivity (Wildman–Crippen MR) is 115 cm³/mol. The number of aromatic nitrogens is 1. The van der Waals surface area contributed by atoms with E-state index in [1.54, 1.807) is 17.2 Å². The first-order chi connectivity index (χ1) is 15.5. The number of piperazine rings is 1. The molecule has 1 N–H and O–H groups in total. The van der Waals surface area contributed by atoms with Gasteiger partial charge in [-0.2, -0.15) is 0 Å². The number of rotatable bonds is 7. The highest BCUT2D eigenvalue weighted by atomic mass is 19.1. The van der Waals surface area contributed by atoms with Gasteiger partial charge in [0.1, 0.15) is 11.9 Å². The molecule has 0 radical (unpaired) electrons. The van der Waals surface area contributed by atoms with Crippen LogP contribution in [0.2, 0.25) is 0 Å². The molecule has 2 aliphatic rings. The maximum Gasteiger partial charge on any atom is 0.325 e. The van der Waals surface area contributed by atoms with Crippen LogP contribution in [0, 0.1) is 5.82 Å². The maximum atomic E-state index is 13.4. The van der Waals surface area contributed by atoms with Crippen LogP contribution < -0.4 is 5.32 Å². The van der Waals surface area contributed by atoms with Crippen LogP contribution in [0.4, 0.5) is 9.18 Å². The van der Waals surface area contributed by atoms with Crippen LogP contribution in [0.15, 0.2) is 48.7 Å². The number of nitrogens with one attached hydrogen (secondary N) is 1. The molecule has 0 spiro atoms. The average molecular weight is 439 g/mol. The van der Waals surface area contributed by atoms with Crippen molar-refractivity contribution in [1.82, 2.24) is 25.0 Å². The number of halogens is 1. The van der Waals surface area contributed by atoms with Gasteiger partial charge in [0.15, 0.2) is 0 Å². The minimum atomic E-state index is -0.884. The monoisotopic (exact) mass is 439 g/mol. The summed E-state index contributed by atoms with van der Waals surface area (Å²) < 4.78 is 13.4. The van der Waals surface area contributed by atoms with E-state index in [0.717, 1.165) is 36.6 Å². The number of hydrogen-bond donors (Lipinski definition) is 1. The SMILES string of the molecule is O=C(CC1NC(=O)N(Cc2cccc(F)c2)C1=O)N1CCN(CCc2ccccn2)CC1. The van der Waals surface area contributed by atoms with E-state index in [1.807, 2.05) is 18.2 Å². The fourth-order valence-electron chi connectivity index (χ4n) is 4.03. The molecule has 2 fully saturated rings. The summed E-state index contributed by atoms with van der Waals surface area (Å²) in [5.41, 5.74) is 1.56. The van der Waals surface area contributed by atoms with Crippen molar-refractivity contribution in [3.8, 4) is 0 Å². The standard InChI is InChI=1S/C23H26FN5O3/c24-18-5-3-4-17(14-18)16-29-22(31)20(26-23(29)32)15-21(30)28-12-10-27(11-13-28)9-7-19-6-1-2-8-25-19/h1-6,8,14,20H,7,9-13,15-16H2,(H,26,32). The molecule has 1 unspecified atom stereocenters. The smallest absolute Gasteiger partial charge is 0.325 e. The van der Waals surface area contributed by atoms with E-state index in [9.17, 15) is 18.8 Å². The number of pyridine rings is 1. The number of amides is 4. The van der Waals surface area contributed by atoms with E-state index < -0.39 is 23.8 Å². The van der Waals surface area contributed by atoms with Crippen molar-refractivity contribution < 1.29 is 18.8 Å². The first-order valence-electron chi connectivity index (χ1n) is 10.8. The van der Waals surface area contributed by atoms with Crippen LogP contribution in [-0.2, 0) is 22.6 Å². The molecule has 2 aromatic rings. The number of hydrogen-bond acceptors (Lipinski definition) is 5. The van der Waals surface area contributed by atoms with Crippen LogP contribution in [0.25, 0.3) is 0 Å². The topological polar surface area (TPSA) is 85.8 Å². The Morgan fingerprint density at radius 2 is 1.91 bits per heavy atom. The minimum absolute atomic E-state index is 0.0257. The van der Waals surface area contributed by atoms with E-state index in [-0.39, 0.29) is 18.9 Å². The third-order valence-electron chi connectivity index (χ3n) is 5.85. The van der Waals surface area contributed by atoms with Crippen molar-refractivity contribution in [2.45, 2.75) is 25.4 Å². The summed E-state index contributed by atoms with van der Waals surface area (Å²) in [6, 6.07) is 10.2. The van der Waals surface area contributed by atoms with Gasteiger partial charge in [0.25, 0.3) is 5.91 Å². The van der Waals surface area contributed by atoms with Crippen LogP contribution in [-0.4, -0.2) is 76.3 Å². The van der Waals surface area contributed by atoms with Gasteiger partial charge in [-0.25, -0.2) is 9.18 Å². The molecule has 9 heteroatoms. The third-order valence-corrected chi connectivity index (χ3v) is 5.85. The van der Waals surface area contributed by atoms with Crippen molar-refractivity contribution in [2.24, 2.45) is 0 Å². The highest BCUT2D eigenvalue weighted by Gasteiger charge is 2.40. The number of nitrogens with zero attached hydrogens (tertiary/aromatic N) is 4. The Hall–Kier alpha value is -3.33. The van der Waals surface area contributed by atoms with Crippen molar-refractivity contribution in [1.29, 1.82) is 0 Å². The van der Waals surface area contributed by atoms with Crippen LogP contribution >= 0.6 is 0 Å². The van der Waals surface area contributed by atoms with E-state index in [0.29, 0.717) is 18.7 Å². The van der Waals surface area contributed by atoms with Gasteiger partial charge in [-0.15, -0.1) is 0 Å². The lowest BCUT2D eigenvalue weighted by Gasteiger charge is -2.35. The van der Waals surface area contributed by atoms with Gasteiger partial charge in [-0.05, 0) is 29.8 Å². The van der Waals surface area contributed by atoms with Gasteiger partial charge >= 0.3 is 6.03 Å². The maximum absolute atomic E-state index is 13.4. The van der Waals surface area contributed by atoms with Crippen molar-refractivity contribution in [3.05, 3.63) is 65.7 Å². The molecule has 0 bridgehead atoms. The van der Waals surface area contributed by atoms with E-state index >= 15 is 0 Å². The molecule has 2 saturated heterocycles. The van der Waals surface area contributed by atoms with Gasteiger partial charge < -0.3 is 10.2 Å². The van der Waals surface area contributed by atoms with Crippen LogP contribution in [0.3, 0.4) is 0 Å². The minimum Gasteiger partial charge on any atom is -0.340 e. The highest BCUT2D eigenvalue weighted by Crippen LogP contribution is 2.16. The number of carbonyl (C=O) groups excluding carboxylic acids is 3. The first kappa shape index (κ1) is 21.9.